The Hall–Kier alpha value is -4.53. The predicted molar refractivity (Wildman–Crippen MR) is 190 cm³/mol. The van der Waals surface area contributed by atoms with E-state index in [1.165, 1.54) is 0 Å². The highest BCUT2D eigenvalue weighted by Crippen LogP contribution is 2.28. The van der Waals surface area contributed by atoms with Crippen LogP contribution in [-0.4, -0.2) is 59.3 Å². The van der Waals surface area contributed by atoms with Crippen LogP contribution >= 0.6 is 0 Å². The van der Waals surface area contributed by atoms with Gasteiger partial charge in [0, 0.05) is 18.7 Å². The van der Waals surface area contributed by atoms with E-state index in [0.717, 1.165) is 28.2 Å². The molecular weight excluding hydrogens is 620 g/mol. The van der Waals surface area contributed by atoms with Crippen LogP contribution in [0.1, 0.15) is 100 Å². The number of nitrogens with zero attached hydrogens (tertiary/aromatic N) is 2. The standard InChI is InChI=1S/C40H52N2O7/c1-27(2)26-48-38(46)41-21-19-28-9-10-30(23-31(28)24-41)36(43)42(49-34-17-13-32(14-18-34)40(6,7)8)25-35(37(44)45)29-11-15-33(16-12-29)47-22-20-39(3,4)5/h9-18,23,27,35H,19-22,24-26H2,1-8H3,(H,44,45). The average Bonchev–Trinajstić information content (AvgIpc) is 3.04. The van der Waals surface area contributed by atoms with E-state index in [9.17, 15) is 19.5 Å². The van der Waals surface area contributed by atoms with Gasteiger partial charge in [-0.1, -0.05) is 85.7 Å². The van der Waals surface area contributed by atoms with Crippen molar-refractivity contribution in [3.63, 3.8) is 0 Å². The van der Waals surface area contributed by atoms with E-state index >= 15 is 0 Å². The summed E-state index contributed by atoms with van der Waals surface area (Å²) in [6.07, 6.45) is 1.13. The number of hydrogen-bond acceptors (Lipinski definition) is 6. The quantitative estimate of drug-likeness (QED) is 0.193. The molecule has 2 amide bonds. The number of carboxylic acid groups (broad SMARTS) is 1. The molecule has 0 saturated carbocycles. The number of benzene rings is 3. The van der Waals surface area contributed by atoms with Gasteiger partial charge in [0.25, 0.3) is 5.91 Å². The van der Waals surface area contributed by atoms with E-state index in [1.807, 2.05) is 32.0 Å². The van der Waals surface area contributed by atoms with Crippen molar-refractivity contribution < 1.29 is 33.8 Å². The Kier molecular flexibility index (Phi) is 12.0. The summed E-state index contributed by atoms with van der Waals surface area (Å²) < 4.78 is 11.3. The maximum Gasteiger partial charge on any atom is 0.410 e. The van der Waals surface area contributed by atoms with Crippen LogP contribution in [0, 0.1) is 11.3 Å². The van der Waals surface area contributed by atoms with Gasteiger partial charge in [0.1, 0.15) is 11.7 Å². The first-order valence-electron chi connectivity index (χ1n) is 17.1. The van der Waals surface area contributed by atoms with Crippen molar-refractivity contribution in [1.82, 2.24) is 9.96 Å². The van der Waals surface area contributed by atoms with Crippen molar-refractivity contribution in [2.45, 2.75) is 86.1 Å². The third-order valence-electron chi connectivity index (χ3n) is 8.48. The average molecular weight is 673 g/mol. The molecule has 9 heteroatoms. The minimum atomic E-state index is -1.09. The third-order valence-corrected chi connectivity index (χ3v) is 8.48. The highest BCUT2D eigenvalue weighted by molar-refractivity contribution is 5.94. The monoisotopic (exact) mass is 672 g/mol. The molecule has 1 atom stereocenters. The SMILES string of the molecule is CC(C)COC(=O)N1CCc2ccc(C(=O)N(CC(C(=O)O)c3ccc(OCCC(C)(C)C)cc3)Oc3ccc(C(C)(C)C)cc3)cc2C1. The normalized spacial score (nSPS) is 13.8. The lowest BCUT2D eigenvalue weighted by Gasteiger charge is -2.29. The van der Waals surface area contributed by atoms with Gasteiger partial charge in [-0.05, 0) is 88.2 Å². The minimum absolute atomic E-state index is 0.0801. The molecular formula is C40H52N2O7. The van der Waals surface area contributed by atoms with Crippen LogP contribution < -0.4 is 9.57 Å². The van der Waals surface area contributed by atoms with Crippen molar-refractivity contribution in [2.75, 3.05) is 26.3 Å². The number of rotatable bonds is 12. The lowest BCUT2D eigenvalue weighted by molar-refractivity contribution is -0.141. The Morgan fingerprint density at radius 3 is 2.12 bits per heavy atom. The fraction of sp³-hybridized carbons (Fsp3) is 0.475. The molecule has 4 rings (SSSR count). The summed E-state index contributed by atoms with van der Waals surface area (Å²) in [7, 11) is 0. The van der Waals surface area contributed by atoms with Crippen molar-refractivity contribution in [1.29, 1.82) is 0 Å². The topological polar surface area (TPSA) is 106 Å². The number of carboxylic acids is 1. The largest absolute Gasteiger partial charge is 0.494 e. The maximum absolute atomic E-state index is 14.2. The summed E-state index contributed by atoms with van der Waals surface area (Å²) >= 11 is 0. The van der Waals surface area contributed by atoms with E-state index in [-0.39, 0.29) is 29.4 Å². The number of ether oxygens (including phenoxy) is 2. The molecule has 1 N–H and O–H groups in total. The zero-order valence-corrected chi connectivity index (χ0v) is 30.2. The minimum Gasteiger partial charge on any atom is -0.494 e. The summed E-state index contributed by atoms with van der Waals surface area (Å²) in [5.74, 6) is -1.38. The van der Waals surface area contributed by atoms with Gasteiger partial charge in [-0.15, -0.1) is 0 Å². The molecule has 0 fully saturated rings. The number of aliphatic carboxylic acids is 1. The zero-order valence-electron chi connectivity index (χ0n) is 30.2. The fourth-order valence-electron chi connectivity index (χ4n) is 5.39. The van der Waals surface area contributed by atoms with Crippen LogP contribution in [0.25, 0.3) is 0 Å². The number of fused-ring (bicyclic) bond motifs is 1. The van der Waals surface area contributed by atoms with Crippen molar-refractivity contribution in [3.8, 4) is 11.5 Å². The van der Waals surface area contributed by atoms with E-state index in [1.54, 1.807) is 53.4 Å². The molecule has 1 heterocycles. The van der Waals surface area contributed by atoms with Crippen LogP contribution in [0.3, 0.4) is 0 Å². The number of carbonyl (C=O) groups is 3. The molecule has 3 aromatic carbocycles. The van der Waals surface area contributed by atoms with Crippen LogP contribution in [0.4, 0.5) is 4.79 Å². The summed E-state index contributed by atoms with van der Waals surface area (Å²) in [4.78, 5) is 47.4. The third kappa shape index (κ3) is 10.7. The zero-order chi connectivity index (χ0) is 35.9. The number of hydrogen-bond donors (Lipinski definition) is 1. The Balaban J connectivity index is 1.59. The second-order valence-corrected chi connectivity index (χ2v) is 15.5. The molecule has 1 aliphatic rings. The van der Waals surface area contributed by atoms with E-state index in [2.05, 4.69) is 41.5 Å². The highest BCUT2D eigenvalue weighted by atomic mass is 16.7. The van der Waals surface area contributed by atoms with E-state index in [4.69, 9.17) is 14.3 Å². The smallest absolute Gasteiger partial charge is 0.410 e. The molecule has 9 nitrogen and oxygen atoms in total. The first kappa shape index (κ1) is 37.3. The highest BCUT2D eigenvalue weighted by Gasteiger charge is 2.30. The van der Waals surface area contributed by atoms with Crippen molar-refractivity contribution in [3.05, 3.63) is 94.5 Å². The molecule has 0 bridgehead atoms. The maximum atomic E-state index is 14.2. The number of carbonyl (C=O) groups excluding carboxylic acids is 2. The Labute approximate surface area is 291 Å². The summed E-state index contributed by atoms with van der Waals surface area (Å²) in [6.45, 7) is 18.2. The Morgan fingerprint density at radius 2 is 1.53 bits per heavy atom. The molecule has 0 radical (unpaired) electrons. The molecule has 1 unspecified atom stereocenters. The van der Waals surface area contributed by atoms with Gasteiger partial charge in [0.15, 0.2) is 5.75 Å². The Morgan fingerprint density at radius 1 is 0.878 bits per heavy atom. The molecule has 0 spiro atoms. The van der Waals surface area contributed by atoms with Gasteiger partial charge in [-0.3, -0.25) is 9.59 Å². The summed E-state index contributed by atoms with van der Waals surface area (Å²) in [5.41, 5.74) is 3.87. The second-order valence-electron chi connectivity index (χ2n) is 15.5. The lowest BCUT2D eigenvalue weighted by atomic mass is 9.87. The molecule has 49 heavy (non-hydrogen) atoms. The fourth-order valence-corrected chi connectivity index (χ4v) is 5.39. The van der Waals surface area contributed by atoms with Crippen molar-refractivity contribution in [2.24, 2.45) is 11.3 Å². The van der Waals surface area contributed by atoms with Crippen LogP contribution in [0.15, 0.2) is 66.7 Å². The van der Waals surface area contributed by atoms with Gasteiger partial charge < -0.3 is 24.3 Å². The molecule has 1 aliphatic heterocycles. The van der Waals surface area contributed by atoms with E-state index in [0.29, 0.717) is 55.4 Å². The second kappa shape index (κ2) is 15.8. The van der Waals surface area contributed by atoms with E-state index < -0.39 is 17.8 Å². The molecule has 0 aromatic heterocycles. The van der Waals surface area contributed by atoms with Gasteiger partial charge >= 0.3 is 12.1 Å². The lowest BCUT2D eigenvalue weighted by Crippen LogP contribution is -2.40. The number of hydroxylamine groups is 2. The van der Waals surface area contributed by atoms with Gasteiger partial charge in [-0.25, -0.2) is 4.79 Å². The van der Waals surface area contributed by atoms with Gasteiger partial charge in [0.2, 0.25) is 0 Å². The number of amides is 2. The first-order chi connectivity index (χ1) is 23.0. The van der Waals surface area contributed by atoms with Crippen LogP contribution in [-0.2, 0) is 27.9 Å². The molecule has 264 valence electrons. The van der Waals surface area contributed by atoms with Crippen molar-refractivity contribution >= 4 is 18.0 Å². The molecule has 0 aliphatic carbocycles. The summed E-state index contributed by atoms with van der Waals surface area (Å²) in [5, 5.41) is 11.5. The Bertz CT molecular complexity index is 1580. The van der Waals surface area contributed by atoms with Gasteiger partial charge in [-0.2, -0.15) is 5.06 Å². The van der Waals surface area contributed by atoms with Crippen LogP contribution in [0.5, 0.6) is 11.5 Å². The molecule has 3 aromatic rings. The molecule has 0 saturated heterocycles. The van der Waals surface area contributed by atoms with Gasteiger partial charge in [0.05, 0.1) is 19.8 Å². The first-order valence-corrected chi connectivity index (χ1v) is 17.1. The summed E-state index contributed by atoms with van der Waals surface area (Å²) in [6, 6.07) is 19.8. The van der Waals surface area contributed by atoms with Crippen LogP contribution in [0.2, 0.25) is 0 Å². The predicted octanol–water partition coefficient (Wildman–Crippen LogP) is 8.25.